The molecule has 0 fully saturated rings. The summed E-state index contributed by atoms with van der Waals surface area (Å²) in [6.45, 7) is 2.49. The van der Waals surface area contributed by atoms with Gasteiger partial charge in [-0.3, -0.25) is 0 Å². The lowest BCUT2D eigenvalue weighted by Gasteiger charge is -2.11. The maximum absolute atomic E-state index is 12.9. The lowest BCUT2D eigenvalue weighted by atomic mass is 10.2. The Morgan fingerprint density at radius 1 is 1.15 bits per heavy atom. The molecule has 0 bridgehead atoms. The molecule has 34 heavy (non-hydrogen) atoms. The fourth-order valence-corrected chi connectivity index (χ4v) is 5.78. The van der Waals surface area contributed by atoms with Gasteiger partial charge in [-0.05, 0) is 80.6 Å². The van der Waals surface area contributed by atoms with Crippen molar-refractivity contribution in [3.63, 3.8) is 0 Å². The Kier molecular flexibility index (Phi) is 10.5. The number of hydrogen-bond donors (Lipinski definition) is 2. The molecule has 0 amide bonds. The average molecular weight is 540 g/mol. The number of aliphatic carboxylic acids is 1. The number of benzene rings is 2. The normalized spacial score (nSPS) is 12.0. The summed E-state index contributed by atoms with van der Waals surface area (Å²) in [5, 5.41) is 11.6. The first-order chi connectivity index (χ1) is 15.9. The number of sulfone groups is 1. The van der Waals surface area contributed by atoms with Crippen molar-refractivity contribution in [1.82, 2.24) is 5.32 Å². The minimum absolute atomic E-state index is 0.227. The number of nitrogens with one attached hydrogen (secondary N) is 1. The Hall–Kier alpha value is -1.95. The predicted molar refractivity (Wildman–Crippen MR) is 126 cm³/mol. The second-order valence-corrected chi connectivity index (χ2v) is 11.0. The van der Waals surface area contributed by atoms with Gasteiger partial charge in [0.15, 0.2) is 16.4 Å². The van der Waals surface area contributed by atoms with Gasteiger partial charge >= 0.3 is 12.1 Å². The van der Waals surface area contributed by atoms with E-state index in [1.807, 2.05) is 19.1 Å². The van der Waals surface area contributed by atoms with E-state index in [1.54, 1.807) is 17.8 Å². The molecule has 2 aromatic rings. The van der Waals surface area contributed by atoms with E-state index >= 15 is 0 Å². The Bertz CT molecular complexity index is 1090. The van der Waals surface area contributed by atoms with Crippen LogP contribution in [0, 0.1) is 6.92 Å². The number of hydrogen-bond acceptors (Lipinski definition) is 6. The molecular formula is C22H25ClF3NO5S2. The van der Waals surface area contributed by atoms with Gasteiger partial charge in [0.2, 0.25) is 0 Å². The molecule has 2 aromatic carbocycles. The van der Waals surface area contributed by atoms with Crippen LogP contribution in [0.3, 0.4) is 0 Å². The highest BCUT2D eigenvalue weighted by atomic mass is 35.5. The van der Waals surface area contributed by atoms with E-state index in [2.05, 4.69) is 5.32 Å². The highest BCUT2D eigenvalue weighted by Crippen LogP contribution is 2.33. The van der Waals surface area contributed by atoms with E-state index < -0.39 is 39.0 Å². The average Bonchev–Trinajstić information content (AvgIpc) is 2.74. The topological polar surface area (TPSA) is 92.7 Å². The number of carboxylic acid groups (broad SMARTS) is 1. The molecular weight excluding hydrogens is 515 g/mol. The van der Waals surface area contributed by atoms with Gasteiger partial charge in [0.1, 0.15) is 5.75 Å². The molecule has 188 valence electrons. The summed E-state index contributed by atoms with van der Waals surface area (Å²) >= 11 is 7.45. The molecule has 0 saturated heterocycles. The summed E-state index contributed by atoms with van der Waals surface area (Å²) in [4.78, 5) is 11.1. The third-order valence-electron chi connectivity index (χ3n) is 4.62. The van der Waals surface area contributed by atoms with E-state index in [1.165, 1.54) is 0 Å². The van der Waals surface area contributed by atoms with E-state index in [4.69, 9.17) is 21.4 Å². The van der Waals surface area contributed by atoms with Gasteiger partial charge in [-0.15, -0.1) is 11.8 Å². The summed E-state index contributed by atoms with van der Waals surface area (Å²) in [6, 6.07) is 7.78. The van der Waals surface area contributed by atoms with Gasteiger partial charge in [-0.1, -0.05) is 11.6 Å². The van der Waals surface area contributed by atoms with Gasteiger partial charge < -0.3 is 15.2 Å². The minimum atomic E-state index is -4.65. The van der Waals surface area contributed by atoms with Crippen LogP contribution >= 0.6 is 23.4 Å². The van der Waals surface area contributed by atoms with Gasteiger partial charge in [-0.25, -0.2) is 13.2 Å². The summed E-state index contributed by atoms with van der Waals surface area (Å²) in [5.41, 5.74) is -0.213. The molecule has 0 saturated carbocycles. The molecule has 0 unspecified atom stereocenters. The third-order valence-corrected chi connectivity index (χ3v) is 7.98. The van der Waals surface area contributed by atoms with Crippen molar-refractivity contribution < 1.29 is 36.2 Å². The SMILES string of the molecule is Cc1cc(SCCCNCCCS(=O)(=O)c2cc(C(F)(F)F)ccc2Cl)ccc1OCC(=O)O. The van der Waals surface area contributed by atoms with Crippen LogP contribution in [0.15, 0.2) is 46.2 Å². The maximum atomic E-state index is 12.9. The first-order valence-electron chi connectivity index (χ1n) is 10.3. The van der Waals surface area contributed by atoms with Gasteiger partial charge in [0, 0.05) is 4.90 Å². The van der Waals surface area contributed by atoms with Crippen molar-refractivity contribution in [2.45, 2.75) is 35.7 Å². The number of carbonyl (C=O) groups is 1. The smallest absolute Gasteiger partial charge is 0.416 e. The molecule has 0 atom stereocenters. The van der Waals surface area contributed by atoms with Crippen LogP contribution in [0.1, 0.15) is 24.0 Å². The molecule has 0 aliphatic heterocycles. The molecule has 12 heteroatoms. The van der Waals surface area contributed by atoms with Crippen LogP contribution in [0.4, 0.5) is 13.2 Å². The van der Waals surface area contributed by atoms with Crippen molar-refractivity contribution in [2.75, 3.05) is 31.2 Å². The number of rotatable bonds is 13. The van der Waals surface area contributed by atoms with Crippen LogP contribution in [0.25, 0.3) is 0 Å². The summed E-state index contributed by atoms with van der Waals surface area (Å²) in [6.07, 6.45) is -3.60. The quantitative estimate of drug-likeness (QED) is 0.271. The Morgan fingerprint density at radius 2 is 1.85 bits per heavy atom. The zero-order valence-electron chi connectivity index (χ0n) is 18.3. The van der Waals surface area contributed by atoms with E-state index in [9.17, 15) is 26.4 Å². The molecule has 0 aliphatic carbocycles. The molecule has 0 radical (unpaired) electrons. The number of ether oxygens (including phenoxy) is 1. The highest BCUT2D eigenvalue weighted by Gasteiger charge is 2.32. The summed E-state index contributed by atoms with van der Waals surface area (Å²) < 4.78 is 68.7. The van der Waals surface area contributed by atoms with Crippen LogP contribution in [0.5, 0.6) is 5.75 Å². The zero-order chi connectivity index (χ0) is 25.4. The van der Waals surface area contributed by atoms with Crippen molar-refractivity contribution in [1.29, 1.82) is 0 Å². The molecule has 0 spiro atoms. The number of carboxylic acids is 1. The summed E-state index contributed by atoms with van der Waals surface area (Å²) in [7, 11) is -3.94. The molecule has 6 nitrogen and oxygen atoms in total. The number of aryl methyl sites for hydroxylation is 1. The van der Waals surface area contributed by atoms with Crippen molar-refractivity contribution in [3.8, 4) is 5.75 Å². The Balaban J connectivity index is 1.70. The highest BCUT2D eigenvalue weighted by molar-refractivity contribution is 7.99. The van der Waals surface area contributed by atoms with E-state index in [0.29, 0.717) is 24.9 Å². The maximum Gasteiger partial charge on any atom is 0.416 e. The van der Waals surface area contributed by atoms with Gasteiger partial charge in [-0.2, -0.15) is 13.2 Å². The lowest BCUT2D eigenvalue weighted by molar-refractivity contribution is -0.139. The standard InChI is InChI=1S/C22H25ClF3NO5S2/c1-15-12-17(5-7-19(15)32-14-21(28)29)33-10-2-8-27-9-3-11-34(30,31)20-13-16(22(24,25)26)4-6-18(20)23/h4-7,12-13,27H,2-3,8-11,14H2,1H3,(H,28,29). The van der Waals surface area contributed by atoms with Gasteiger partial charge in [0.25, 0.3) is 0 Å². The minimum Gasteiger partial charge on any atom is -0.482 e. The van der Waals surface area contributed by atoms with Crippen molar-refractivity contribution in [2.24, 2.45) is 0 Å². The van der Waals surface area contributed by atoms with E-state index in [-0.39, 0.29) is 17.2 Å². The first kappa shape index (κ1) is 28.3. The van der Waals surface area contributed by atoms with Crippen LogP contribution in [0.2, 0.25) is 5.02 Å². The molecule has 0 aliphatic rings. The fraction of sp³-hybridized carbons (Fsp3) is 0.409. The first-order valence-corrected chi connectivity index (χ1v) is 13.3. The number of halogens is 4. The second-order valence-electron chi connectivity index (χ2n) is 7.38. The number of alkyl halides is 3. The zero-order valence-corrected chi connectivity index (χ0v) is 20.7. The van der Waals surface area contributed by atoms with Crippen LogP contribution in [-0.4, -0.2) is 50.7 Å². The molecule has 2 N–H and O–H groups in total. The molecule has 0 aromatic heterocycles. The van der Waals surface area contributed by atoms with Crippen LogP contribution < -0.4 is 10.1 Å². The van der Waals surface area contributed by atoms with Crippen LogP contribution in [-0.2, 0) is 20.8 Å². The van der Waals surface area contributed by atoms with Gasteiger partial charge in [0.05, 0.1) is 21.2 Å². The lowest BCUT2D eigenvalue weighted by Crippen LogP contribution is -2.20. The van der Waals surface area contributed by atoms with Crippen molar-refractivity contribution >= 4 is 39.2 Å². The summed E-state index contributed by atoms with van der Waals surface area (Å²) in [5.74, 6) is -0.0252. The number of thioether (sulfide) groups is 1. The molecule has 0 heterocycles. The monoisotopic (exact) mass is 539 g/mol. The third kappa shape index (κ3) is 9.01. The second kappa shape index (κ2) is 12.7. The molecule has 2 rings (SSSR count). The largest absolute Gasteiger partial charge is 0.482 e. The van der Waals surface area contributed by atoms with E-state index in [0.717, 1.165) is 34.8 Å². The van der Waals surface area contributed by atoms with Crippen molar-refractivity contribution in [3.05, 3.63) is 52.5 Å². The fourth-order valence-electron chi connectivity index (χ4n) is 2.94. The Morgan fingerprint density at radius 3 is 2.50 bits per heavy atom. The Labute approximate surface area is 205 Å². The predicted octanol–water partition coefficient (Wildman–Crippen LogP) is 5.07.